The number of nitrogens with two attached hydrogens (primary N) is 1. The maximum absolute atomic E-state index is 5.71. The van der Waals surface area contributed by atoms with Gasteiger partial charge in [0, 0.05) is 24.8 Å². The summed E-state index contributed by atoms with van der Waals surface area (Å²) in [6.07, 6.45) is 2.65. The zero-order chi connectivity index (χ0) is 12.3. The standard InChI is InChI=1S/C14H23N3/c1-16(2)11-14-4-3-9-17(14)10-12-5-7-13(15)8-6-12/h5-8,14H,3-4,9-11,15H2,1-2H3. The summed E-state index contributed by atoms with van der Waals surface area (Å²) in [5.74, 6) is 0. The largest absolute Gasteiger partial charge is 0.399 e. The minimum atomic E-state index is 0.711. The number of nitrogen functional groups attached to an aromatic ring is 1. The first-order valence-electron chi connectivity index (χ1n) is 6.38. The Hall–Kier alpha value is -1.06. The predicted molar refractivity (Wildman–Crippen MR) is 72.8 cm³/mol. The summed E-state index contributed by atoms with van der Waals surface area (Å²) < 4.78 is 0. The monoisotopic (exact) mass is 233 g/mol. The van der Waals surface area contributed by atoms with Crippen LogP contribution in [0.2, 0.25) is 0 Å². The number of benzene rings is 1. The Bertz CT molecular complexity index is 345. The third-order valence-corrected chi connectivity index (χ3v) is 3.44. The van der Waals surface area contributed by atoms with Crippen LogP contribution in [0.25, 0.3) is 0 Å². The van der Waals surface area contributed by atoms with Crippen molar-refractivity contribution in [2.75, 3.05) is 32.9 Å². The molecule has 1 fully saturated rings. The number of anilines is 1. The van der Waals surface area contributed by atoms with Crippen molar-refractivity contribution in [3.05, 3.63) is 29.8 Å². The number of hydrogen-bond donors (Lipinski definition) is 1. The van der Waals surface area contributed by atoms with Crippen molar-refractivity contribution in [2.45, 2.75) is 25.4 Å². The summed E-state index contributed by atoms with van der Waals surface area (Å²) in [5.41, 5.74) is 7.92. The van der Waals surface area contributed by atoms with Gasteiger partial charge in [0.25, 0.3) is 0 Å². The Kier molecular flexibility index (Phi) is 4.02. The number of likely N-dealkylation sites (N-methyl/N-ethyl adjacent to an activating group) is 1. The van der Waals surface area contributed by atoms with E-state index in [9.17, 15) is 0 Å². The fraction of sp³-hybridized carbons (Fsp3) is 0.571. The van der Waals surface area contributed by atoms with Crippen LogP contribution in [0.1, 0.15) is 18.4 Å². The molecule has 94 valence electrons. The molecule has 1 aromatic rings. The molecule has 0 bridgehead atoms. The van der Waals surface area contributed by atoms with Crippen LogP contribution in [0, 0.1) is 0 Å². The topological polar surface area (TPSA) is 32.5 Å². The van der Waals surface area contributed by atoms with Gasteiger partial charge in [0.15, 0.2) is 0 Å². The Morgan fingerprint density at radius 3 is 2.65 bits per heavy atom. The van der Waals surface area contributed by atoms with Gasteiger partial charge in [-0.1, -0.05) is 12.1 Å². The second kappa shape index (κ2) is 5.52. The van der Waals surface area contributed by atoms with Gasteiger partial charge in [-0.2, -0.15) is 0 Å². The summed E-state index contributed by atoms with van der Waals surface area (Å²) in [4.78, 5) is 4.87. The van der Waals surface area contributed by atoms with Gasteiger partial charge in [-0.05, 0) is 51.2 Å². The normalized spacial score (nSPS) is 21.2. The molecule has 1 aliphatic rings. The molecule has 1 unspecified atom stereocenters. The highest BCUT2D eigenvalue weighted by Crippen LogP contribution is 2.20. The summed E-state index contributed by atoms with van der Waals surface area (Å²) in [7, 11) is 4.30. The molecule has 1 aliphatic heterocycles. The fourth-order valence-electron chi connectivity index (χ4n) is 2.59. The van der Waals surface area contributed by atoms with Crippen LogP contribution in [0.5, 0.6) is 0 Å². The Balaban J connectivity index is 1.95. The van der Waals surface area contributed by atoms with Crippen molar-refractivity contribution < 1.29 is 0 Å². The Morgan fingerprint density at radius 1 is 1.29 bits per heavy atom. The van der Waals surface area contributed by atoms with Crippen LogP contribution in [0.15, 0.2) is 24.3 Å². The van der Waals surface area contributed by atoms with E-state index in [1.165, 1.54) is 24.9 Å². The predicted octanol–water partition coefficient (Wildman–Crippen LogP) is 1.79. The first-order valence-corrected chi connectivity index (χ1v) is 6.38. The fourth-order valence-corrected chi connectivity index (χ4v) is 2.59. The van der Waals surface area contributed by atoms with Crippen molar-refractivity contribution in [3.8, 4) is 0 Å². The lowest BCUT2D eigenvalue weighted by atomic mass is 10.1. The average molecular weight is 233 g/mol. The van der Waals surface area contributed by atoms with Crippen LogP contribution in [0.4, 0.5) is 5.69 Å². The molecule has 2 N–H and O–H groups in total. The maximum Gasteiger partial charge on any atom is 0.0314 e. The van der Waals surface area contributed by atoms with Crippen LogP contribution in [0.3, 0.4) is 0 Å². The highest BCUT2D eigenvalue weighted by atomic mass is 15.2. The van der Waals surface area contributed by atoms with E-state index in [0.29, 0.717) is 6.04 Å². The molecule has 0 aromatic heterocycles. The van der Waals surface area contributed by atoms with E-state index < -0.39 is 0 Å². The minimum Gasteiger partial charge on any atom is -0.399 e. The average Bonchev–Trinajstić information content (AvgIpc) is 2.68. The van der Waals surface area contributed by atoms with Crippen LogP contribution >= 0.6 is 0 Å². The molecule has 17 heavy (non-hydrogen) atoms. The third kappa shape index (κ3) is 3.45. The van der Waals surface area contributed by atoms with Crippen LogP contribution in [-0.4, -0.2) is 43.0 Å². The zero-order valence-electron chi connectivity index (χ0n) is 10.9. The van der Waals surface area contributed by atoms with E-state index in [0.717, 1.165) is 18.8 Å². The van der Waals surface area contributed by atoms with Gasteiger partial charge in [0.1, 0.15) is 0 Å². The maximum atomic E-state index is 5.71. The second-order valence-corrected chi connectivity index (χ2v) is 5.27. The number of likely N-dealkylation sites (tertiary alicyclic amines) is 1. The van der Waals surface area contributed by atoms with E-state index in [1.807, 2.05) is 12.1 Å². The minimum absolute atomic E-state index is 0.711. The molecule has 1 aromatic carbocycles. The van der Waals surface area contributed by atoms with E-state index in [4.69, 9.17) is 5.73 Å². The van der Waals surface area contributed by atoms with E-state index in [1.54, 1.807) is 0 Å². The lowest BCUT2D eigenvalue weighted by molar-refractivity contribution is 0.201. The SMILES string of the molecule is CN(C)CC1CCCN1Cc1ccc(N)cc1. The van der Waals surface area contributed by atoms with Gasteiger partial charge in [-0.15, -0.1) is 0 Å². The van der Waals surface area contributed by atoms with Crippen molar-refractivity contribution in [2.24, 2.45) is 0 Å². The summed E-state index contributed by atoms with van der Waals surface area (Å²) in [6.45, 7) is 3.44. The lowest BCUT2D eigenvalue weighted by Crippen LogP contribution is -2.37. The molecule has 0 radical (unpaired) electrons. The van der Waals surface area contributed by atoms with E-state index >= 15 is 0 Å². The Labute approximate surface area is 104 Å². The summed E-state index contributed by atoms with van der Waals surface area (Å²) in [6, 6.07) is 8.97. The van der Waals surface area contributed by atoms with Crippen molar-refractivity contribution in [1.82, 2.24) is 9.80 Å². The van der Waals surface area contributed by atoms with Gasteiger partial charge in [-0.3, -0.25) is 4.90 Å². The van der Waals surface area contributed by atoms with Gasteiger partial charge in [-0.25, -0.2) is 0 Å². The molecule has 1 saturated heterocycles. The number of nitrogens with zero attached hydrogens (tertiary/aromatic N) is 2. The van der Waals surface area contributed by atoms with Gasteiger partial charge in [0.05, 0.1) is 0 Å². The molecule has 0 aliphatic carbocycles. The smallest absolute Gasteiger partial charge is 0.0314 e. The quantitative estimate of drug-likeness (QED) is 0.805. The van der Waals surface area contributed by atoms with Crippen LogP contribution < -0.4 is 5.73 Å². The van der Waals surface area contributed by atoms with Crippen LogP contribution in [-0.2, 0) is 6.54 Å². The summed E-state index contributed by atoms with van der Waals surface area (Å²) >= 11 is 0. The van der Waals surface area contributed by atoms with E-state index in [-0.39, 0.29) is 0 Å². The molecule has 0 saturated carbocycles. The van der Waals surface area contributed by atoms with Crippen molar-refractivity contribution in [1.29, 1.82) is 0 Å². The number of hydrogen-bond acceptors (Lipinski definition) is 3. The third-order valence-electron chi connectivity index (χ3n) is 3.44. The molecule has 1 heterocycles. The second-order valence-electron chi connectivity index (χ2n) is 5.27. The van der Waals surface area contributed by atoms with E-state index in [2.05, 4.69) is 36.0 Å². The molecular formula is C14H23N3. The number of rotatable bonds is 4. The van der Waals surface area contributed by atoms with Crippen molar-refractivity contribution in [3.63, 3.8) is 0 Å². The molecule has 3 nitrogen and oxygen atoms in total. The molecule has 0 spiro atoms. The lowest BCUT2D eigenvalue weighted by Gasteiger charge is -2.27. The molecule has 0 amide bonds. The Morgan fingerprint density at radius 2 is 2.00 bits per heavy atom. The molecule has 2 rings (SSSR count). The first kappa shape index (κ1) is 12.4. The highest BCUT2D eigenvalue weighted by molar-refractivity contribution is 5.39. The summed E-state index contributed by atoms with van der Waals surface area (Å²) in [5, 5.41) is 0. The zero-order valence-corrected chi connectivity index (χ0v) is 10.9. The molecule has 3 heteroatoms. The van der Waals surface area contributed by atoms with Crippen molar-refractivity contribution >= 4 is 5.69 Å². The molecule has 1 atom stereocenters. The van der Waals surface area contributed by atoms with Gasteiger partial charge >= 0.3 is 0 Å². The highest BCUT2D eigenvalue weighted by Gasteiger charge is 2.24. The van der Waals surface area contributed by atoms with Gasteiger partial charge < -0.3 is 10.6 Å². The first-order chi connectivity index (χ1) is 8.15. The van der Waals surface area contributed by atoms with Gasteiger partial charge in [0.2, 0.25) is 0 Å². The molecular weight excluding hydrogens is 210 g/mol.